The number of hydrogen-bond acceptors (Lipinski definition) is 5. The first-order chi connectivity index (χ1) is 17.6. The number of ether oxygens (including phenoxy) is 1. The summed E-state index contributed by atoms with van der Waals surface area (Å²) in [6.07, 6.45) is 2.85. The van der Waals surface area contributed by atoms with E-state index < -0.39 is 0 Å². The maximum atomic E-state index is 5.91. The van der Waals surface area contributed by atoms with Crippen molar-refractivity contribution in [3.05, 3.63) is 83.9 Å². The lowest BCUT2D eigenvalue weighted by Crippen LogP contribution is -2.15. The second kappa shape index (κ2) is 10.8. The Hall–Kier alpha value is -3.90. The fourth-order valence-corrected chi connectivity index (χ4v) is 4.63. The number of imidazole rings is 1. The zero-order valence-corrected chi connectivity index (χ0v) is 21.1. The molecule has 0 saturated carbocycles. The van der Waals surface area contributed by atoms with Gasteiger partial charge in [-0.25, -0.2) is 4.98 Å². The first-order valence-corrected chi connectivity index (χ1v) is 12.4. The molecule has 6 heteroatoms. The van der Waals surface area contributed by atoms with E-state index in [2.05, 4.69) is 83.7 Å². The number of H-pyrrole nitrogens is 1. The minimum Gasteiger partial charge on any atom is -0.494 e. The Morgan fingerprint density at radius 1 is 0.917 bits per heavy atom. The fraction of sp³-hybridized carbons (Fsp3) is 0.267. The van der Waals surface area contributed by atoms with E-state index in [1.165, 1.54) is 11.1 Å². The molecule has 184 valence electrons. The van der Waals surface area contributed by atoms with Crippen LogP contribution in [0.3, 0.4) is 0 Å². The number of oxime groups is 1. The predicted molar refractivity (Wildman–Crippen MR) is 145 cm³/mol. The summed E-state index contributed by atoms with van der Waals surface area (Å²) in [6, 6.07) is 25.0. The number of hydrogen-bond donors (Lipinski definition) is 1. The van der Waals surface area contributed by atoms with Crippen molar-refractivity contribution in [1.82, 2.24) is 14.9 Å². The largest absolute Gasteiger partial charge is 0.494 e. The van der Waals surface area contributed by atoms with Gasteiger partial charge in [0.2, 0.25) is 0 Å². The Kier molecular flexibility index (Phi) is 7.14. The SMILES string of the molecule is CO/N=C1\CCc2cc(-c3nc(-c4ccc(OCCCN(C)C)cc4)[nH]c3-c3ccccc3)ccc21. The van der Waals surface area contributed by atoms with Crippen molar-refractivity contribution in [3.8, 4) is 39.7 Å². The average Bonchev–Trinajstić information content (AvgIpc) is 3.52. The third-order valence-corrected chi connectivity index (χ3v) is 6.43. The minimum absolute atomic E-state index is 0.704. The van der Waals surface area contributed by atoms with Gasteiger partial charge in [0, 0.05) is 28.8 Å². The molecule has 4 aromatic rings. The highest BCUT2D eigenvalue weighted by molar-refractivity contribution is 6.04. The number of benzene rings is 3. The van der Waals surface area contributed by atoms with Gasteiger partial charge in [-0.1, -0.05) is 47.6 Å². The van der Waals surface area contributed by atoms with E-state index in [1.807, 2.05) is 18.2 Å². The standard InChI is InChI=1S/C30H32N4O2/c1-34(2)18-7-19-36-25-14-10-22(11-15-25)30-31-28(21-8-5-4-6-9-21)29(32-30)24-12-16-26-23(20-24)13-17-27(26)33-35-3/h4-6,8-12,14-16,20H,7,13,17-19H2,1-3H3,(H,31,32)/b33-27+. The Labute approximate surface area is 212 Å². The molecule has 0 saturated heterocycles. The second-order valence-corrected chi connectivity index (χ2v) is 9.30. The minimum atomic E-state index is 0.704. The van der Waals surface area contributed by atoms with Crippen LogP contribution in [0.25, 0.3) is 33.9 Å². The number of fused-ring (bicyclic) bond motifs is 1. The molecule has 1 heterocycles. The number of nitrogens with one attached hydrogen (secondary N) is 1. The number of aryl methyl sites for hydroxylation is 1. The van der Waals surface area contributed by atoms with Crippen molar-refractivity contribution in [2.75, 3.05) is 34.4 Å². The lowest BCUT2D eigenvalue weighted by Gasteiger charge is -2.10. The Bertz CT molecular complexity index is 1340. The van der Waals surface area contributed by atoms with Gasteiger partial charge in [-0.15, -0.1) is 0 Å². The summed E-state index contributed by atoms with van der Waals surface area (Å²) in [5.41, 5.74) is 8.63. The Balaban J connectivity index is 1.45. The van der Waals surface area contributed by atoms with Gasteiger partial charge < -0.3 is 19.5 Å². The van der Waals surface area contributed by atoms with E-state index >= 15 is 0 Å². The van der Waals surface area contributed by atoms with Gasteiger partial charge in [-0.2, -0.15) is 0 Å². The average molecular weight is 481 g/mol. The van der Waals surface area contributed by atoms with Gasteiger partial charge >= 0.3 is 0 Å². The summed E-state index contributed by atoms with van der Waals surface area (Å²) < 4.78 is 5.91. The van der Waals surface area contributed by atoms with E-state index in [1.54, 1.807) is 7.11 Å². The molecule has 0 radical (unpaired) electrons. The van der Waals surface area contributed by atoms with Crippen molar-refractivity contribution in [3.63, 3.8) is 0 Å². The molecular weight excluding hydrogens is 448 g/mol. The van der Waals surface area contributed by atoms with Crippen LogP contribution in [0.15, 0.2) is 78.0 Å². The molecule has 0 atom stereocenters. The molecule has 5 rings (SSSR count). The van der Waals surface area contributed by atoms with Crippen LogP contribution in [0.5, 0.6) is 5.75 Å². The third-order valence-electron chi connectivity index (χ3n) is 6.43. The third kappa shape index (κ3) is 5.19. The fourth-order valence-electron chi connectivity index (χ4n) is 4.63. The molecule has 1 aliphatic rings. The number of rotatable bonds is 9. The first-order valence-electron chi connectivity index (χ1n) is 12.4. The van der Waals surface area contributed by atoms with Crippen LogP contribution < -0.4 is 4.74 Å². The molecule has 0 aliphatic heterocycles. The van der Waals surface area contributed by atoms with Gasteiger partial charge in [-0.3, -0.25) is 0 Å². The molecule has 1 aliphatic carbocycles. The number of nitrogens with zero attached hydrogens (tertiary/aromatic N) is 3. The highest BCUT2D eigenvalue weighted by atomic mass is 16.6. The van der Waals surface area contributed by atoms with Crippen LogP contribution in [0.1, 0.15) is 24.0 Å². The quantitative estimate of drug-likeness (QED) is 0.234. The van der Waals surface area contributed by atoms with Gasteiger partial charge in [-0.05, 0) is 69.3 Å². The van der Waals surface area contributed by atoms with E-state index in [-0.39, 0.29) is 0 Å². The van der Waals surface area contributed by atoms with Crippen molar-refractivity contribution in [2.45, 2.75) is 19.3 Å². The summed E-state index contributed by atoms with van der Waals surface area (Å²) in [6.45, 7) is 1.72. The smallest absolute Gasteiger partial charge is 0.138 e. The zero-order valence-electron chi connectivity index (χ0n) is 21.1. The summed E-state index contributed by atoms with van der Waals surface area (Å²) in [5, 5.41) is 4.20. The topological polar surface area (TPSA) is 62.7 Å². The molecule has 0 unspecified atom stereocenters. The molecule has 1 N–H and O–H groups in total. The van der Waals surface area contributed by atoms with Crippen LogP contribution in [0, 0.1) is 0 Å². The molecule has 0 spiro atoms. The lowest BCUT2D eigenvalue weighted by molar-refractivity contribution is 0.213. The summed E-state index contributed by atoms with van der Waals surface area (Å²) >= 11 is 0. The molecule has 1 aromatic heterocycles. The molecule has 0 fully saturated rings. The van der Waals surface area contributed by atoms with Crippen LogP contribution in [0.4, 0.5) is 0 Å². The molecule has 0 bridgehead atoms. The van der Waals surface area contributed by atoms with Gasteiger partial charge in [0.1, 0.15) is 18.7 Å². The van der Waals surface area contributed by atoms with Crippen molar-refractivity contribution in [2.24, 2.45) is 5.16 Å². The van der Waals surface area contributed by atoms with Crippen molar-refractivity contribution < 1.29 is 9.57 Å². The van der Waals surface area contributed by atoms with Crippen LogP contribution >= 0.6 is 0 Å². The second-order valence-electron chi connectivity index (χ2n) is 9.30. The van der Waals surface area contributed by atoms with E-state index in [9.17, 15) is 0 Å². The number of aromatic amines is 1. The van der Waals surface area contributed by atoms with Gasteiger partial charge in [0.25, 0.3) is 0 Å². The normalized spacial score (nSPS) is 13.8. The summed E-state index contributed by atoms with van der Waals surface area (Å²) in [4.78, 5) is 15.9. The molecule has 3 aromatic carbocycles. The maximum Gasteiger partial charge on any atom is 0.138 e. The van der Waals surface area contributed by atoms with E-state index in [4.69, 9.17) is 14.6 Å². The maximum absolute atomic E-state index is 5.91. The van der Waals surface area contributed by atoms with E-state index in [0.717, 1.165) is 71.2 Å². The zero-order chi connectivity index (χ0) is 24.9. The van der Waals surface area contributed by atoms with Crippen LogP contribution in [-0.4, -0.2) is 54.9 Å². The highest BCUT2D eigenvalue weighted by Crippen LogP contribution is 2.35. The van der Waals surface area contributed by atoms with Gasteiger partial charge in [0.15, 0.2) is 0 Å². The lowest BCUT2D eigenvalue weighted by atomic mass is 10.0. The Morgan fingerprint density at radius 3 is 2.44 bits per heavy atom. The summed E-state index contributed by atoms with van der Waals surface area (Å²) in [7, 11) is 5.75. The summed E-state index contributed by atoms with van der Waals surface area (Å²) in [5.74, 6) is 1.71. The van der Waals surface area contributed by atoms with Crippen molar-refractivity contribution >= 4 is 5.71 Å². The number of aromatic nitrogens is 2. The Morgan fingerprint density at radius 2 is 1.69 bits per heavy atom. The first kappa shape index (κ1) is 23.8. The van der Waals surface area contributed by atoms with Crippen molar-refractivity contribution in [1.29, 1.82) is 0 Å². The van der Waals surface area contributed by atoms with Gasteiger partial charge in [0.05, 0.1) is 23.7 Å². The molecular formula is C30H32N4O2. The van der Waals surface area contributed by atoms with Crippen LogP contribution in [0.2, 0.25) is 0 Å². The molecule has 0 amide bonds. The predicted octanol–water partition coefficient (Wildman–Crippen LogP) is 6.04. The highest BCUT2D eigenvalue weighted by Gasteiger charge is 2.21. The molecule has 36 heavy (non-hydrogen) atoms. The van der Waals surface area contributed by atoms with E-state index in [0.29, 0.717) is 6.61 Å². The van der Waals surface area contributed by atoms with Crippen LogP contribution in [-0.2, 0) is 11.3 Å². The molecule has 6 nitrogen and oxygen atoms in total. The monoisotopic (exact) mass is 480 g/mol.